The second-order valence-corrected chi connectivity index (χ2v) is 7.31. The first-order chi connectivity index (χ1) is 9.91. The molecule has 0 saturated carbocycles. The van der Waals surface area contributed by atoms with Crippen LogP contribution in [0.25, 0.3) is 0 Å². The molecule has 0 aromatic carbocycles. The molecule has 0 atom stereocenters. The summed E-state index contributed by atoms with van der Waals surface area (Å²) in [5, 5.41) is 4.89. The Hall–Kier alpha value is -1.31. The molecule has 1 aromatic rings. The van der Waals surface area contributed by atoms with E-state index in [2.05, 4.69) is 10.6 Å². The van der Waals surface area contributed by atoms with Crippen LogP contribution in [-0.2, 0) is 4.79 Å². The lowest BCUT2D eigenvalue weighted by molar-refractivity contribution is -0.125. The number of urea groups is 1. The molecule has 9 heteroatoms. The molecular weight excluding hydrogens is 337 g/mol. The number of carbonyl (C=O) groups excluding carboxylic acids is 3. The van der Waals surface area contributed by atoms with Crippen LogP contribution >= 0.6 is 34.5 Å². The van der Waals surface area contributed by atoms with Crippen molar-refractivity contribution in [2.24, 2.45) is 0 Å². The molecule has 1 aromatic heterocycles. The van der Waals surface area contributed by atoms with Gasteiger partial charge < -0.3 is 10.2 Å². The Morgan fingerprint density at radius 3 is 2.43 bits per heavy atom. The van der Waals surface area contributed by atoms with E-state index < -0.39 is 11.6 Å². The second-order valence-electron chi connectivity index (χ2n) is 5.02. The van der Waals surface area contributed by atoms with Gasteiger partial charge in [0, 0.05) is 13.1 Å². The van der Waals surface area contributed by atoms with Gasteiger partial charge in [0.2, 0.25) is 0 Å². The number of hydrogen-bond acceptors (Lipinski definition) is 4. The van der Waals surface area contributed by atoms with Crippen molar-refractivity contribution in [1.29, 1.82) is 0 Å². The number of nitrogens with one attached hydrogen (secondary N) is 2. The van der Waals surface area contributed by atoms with E-state index in [1.165, 1.54) is 0 Å². The van der Waals surface area contributed by atoms with Crippen LogP contribution in [0.1, 0.15) is 23.2 Å². The molecule has 4 amide bonds. The van der Waals surface area contributed by atoms with Crippen LogP contribution in [-0.4, -0.2) is 41.4 Å². The quantitative estimate of drug-likeness (QED) is 0.761. The Morgan fingerprint density at radius 1 is 1.29 bits per heavy atom. The Balaban J connectivity index is 1.71. The number of rotatable bonds is 1. The normalized spacial score (nSPS) is 20.6. The second kappa shape index (κ2) is 5.15. The number of carbonyl (C=O) groups is 3. The summed E-state index contributed by atoms with van der Waals surface area (Å²) in [5.41, 5.74) is -0.508. The van der Waals surface area contributed by atoms with Gasteiger partial charge in [-0.1, -0.05) is 23.2 Å². The predicted molar refractivity (Wildman–Crippen MR) is 78.9 cm³/mol. The monoisotopic (exact) mass is 347 g/mol. The van der Waals surface area contributed by atoms with Crippen molar-refractivity contribution in [3.63, 3.8) is 0 Å². The molecule has 0 unspecified atom stereocenters. The van der Waals surface area contributed by atoms with Crippen LogP contribution < -0.4 is 10.6 Å². The van der Waals surface area contributed by atoms with Gasteiger partial charge in [-0.05, 0) is 18.9 Å². The summed E-state index contributed by atoms with van der Waals surface area (Å²) in [6.07, 6.45) is 0.762. The maximum atomic E-state index is 12.4. The molecule has 3 heterocycles. The first-order valence-electron chi connectivity index (χ1n) is 6.29. The van der Waals surface area contributed by atoms with E-state index in [-0.39, 0.29) is 11.8 Å². The molecule has 2 aliphatic heterocycles. The van der Waals surface area contributed by atoms with Crippen molar-refractivity contribution < 1.29 is 14.4 Å². The third-order valence-corrected chi connectivity index (χ3v) is 5.29. The van der Waals surface area contributed by atoms with E-state index in [9.17, 15) is 14.4 Å². The molecular formula is C12H11Cl2N3O3S. The van der Waals surface area contributed by atoms with Crippen molar-refractivity contribution >= 4 is 52.4 Å². The van der Waals surface area contributed by atoms with Crippen LogP contribution in [0.4, 0.5) is 4.79 Å². The lowest BCUT2D eigenvalue weighted by atomic mass is 9.87. The minimum absolute atomic E-state index is 0.206. The molecule has 0 bridgehead atoms. The van der Waals surface area contributed by atoms with Gasteiger partial charge in [-0.2, -0.15) is 0 Å². The van der Waals surface area contributed by atoms with Gasteiger partial charge in [0.15, 0.2) is 0 Å². The first kappa shape index (κ1) is 14.6. The zero-order valence-electron chi connectivity index (χ0n) is 10.7. The van der Waals surface area contributed by atoms with E-state index in [1.807, 2.05) is 0 Å². The SMILES string of the molecule is O=C1NC(=O)C2(CCN(C(=O)c3cc(Cl)sc3Cl)CC2)N1. The van der Waals surface area contributed by atoms with Crippen molar-refractivity contribution in [1.82, 2.24) is 15.5 Å². The van der Waals surface area contributed by atoms with E-state index in [4.69, 9.17) is 23.2 Å². The standard InChI is InChI=1S/C12H11Cl2N3O3S/c13-7-5-6(8(14)21-7)9(18)17-3-1-12(2-4-17)10(19)15-11(20)16-12/h5H,1-4H2,(H2,15,16,19,20). The Labute approximate surface area is 134 Å². The molecule has 6 nitrogen and oxygen atoms in total. The molecule has 0 radical (unpaired) electrons. The van der Waals surface area contributed by atoms with Gasteiger partial charge in [-0.25, -0.2) is 4.79 Å². The number of halogens is 2. The van der Waals surface area contributed by atoms with Gasteiger partial charge in [-0.3, -0.25) is 14.9 Å². The highest BCUT2D eigenvalue weighted by molar-refractivity contribution is 7.20. The minimum atomic E-state index is -0.885. The van der Waals surface area contributed by atoms with Crippen LogP contribution in [0.3, 0.4) is 0 Å². The van der Waals surface area contributed by atoms with Crippen LogP contribution in [0.5, 0.6) is 0 Å². The van der Waals surface area contributed by atoms with Gasteiger partial charge >= 0.3 is 6.03 Å². The molecule has 3 rings (SSSR count). The highest BCUT2D eigenvalue weighted by Gasteiger charge is 2.48. The van der Waals surface area contributed by atoms with E-state index in [0.717, 1.165) is 11.3 Å². The molecule has 112 valence electrons. The van der Waals surface area contributed by atoms with Crippen LogP contribution in [0, 0.1) is 0 Å². The maximum Gasteiger partial charge on any atom is 0.322 e. The average Bonchev–Trinajstić information content (AvgIpc) is 2.90. The highest BCUT2D eigenvalue weighted by atomic mass is 35.5. The molecule has 21 heavy (non-hydrogen) atoms. The Kier molecular flexibility index (Phi) is 3.59. The summed E-state index contributed by atoms with van der Waals surface area (Å²) >= 11 is 13.0. The van der Waals surface area contributed by atoms with Crippen molar-refractivity contribution in [3.05, 3.63) is 20.3 Å². The fourth-order valence-corrected chi connectivity index (χ4v) is 4.08. The summed E-state index contributed by atoms with van der Waals surface area (Å²) in [6.45, 7) is 0.743. The third-order valence-electron chi connectivity index (χ3n) is 3.81. The summed E-state index contributed by atoms with van der Waals surface area (Å²) in [7, 11) is 0. The number of piperidine rings is 1. The number of nitrogens with zero attached hydrogens (tertiary/aromatic N) is 1. The summed E-state index contributed by atoms with van der Waals surface area (Å²) in [6, 6.07) is 1.07. The lowest BCUT2D eigenvalue weighted by Gasteiger charge is -2.36. The van der Waals surface area contributed by atoms with Crippen molar-refractivity contribution in [2.45, 2.75) is 18.4 Å². The highest BCUT2D eigenvalue weighted by Crippen LogP contribution is 2.33. The number of thiophene rings is 1. The number of hydrogen-bond donors (Lipinski definition) is 2. The molecule has 2 saturated heterocycles. The first-order valence-corrected chi connectivity index (χ1v) is 7.86. The fraction of sp³-hybridized carbons (Fsp3) is 0.417. The summed E-state index contributed by atoms with van der Waals surface area (Å²) in [5.74, 6) is -0.529. The lowest BCUT2D eigenvalue weighted by Crippen LogP contribution is -2.55. The topological polar surface area (TPSA) is 78.5 Å². The van der Waals surface area contributed by atoms with Crippen LogP contribution in [0.2, 0.25) is 8.67 Å². The smallest absolute Gasteiger partial charge is 0.322 e. The molecule has 1 spiro atoms. The molecule has 0 aliphatic carbocycles. The number of likely N-dealkylation sites (tertiary alicyclic amines) is 1. The predicted octanol–water partition coefficient (Wildman–Crippen LogP) is 1.87. The Bertz CT molecular complexity index is 638. The molecule has 2 N–H and O–H groups in total. The maximum absolute atomic E-state index is 12.4. The molecule has 2 fully saturated rings. The van der Waals surface area contributed by atoms with Crippen molar-refractivity contribution in [3.8, 4) is 0 Å². The van der Waals surface area contributed by atoms with Crippen LogP contribution in [0.15, 0.2) is 6.07 Å². The van der Waals surface area contributed by atoms with Gasteiger partial charge in [0.1, 0.15) is 9.88 Å². The third kappa shape index (κ3) is 2.49. The van der Waals surface area contributed by atoms with Gasteiger partial charge in [-0.15, -0.1) is 11.3 Å². The Morgan fingerprint density at radius 2 is 1.95 bits per heavy atom. The zero-order chi connectivity index (χ0) is 15.2. The van der Waals surface area contributed by atoms with E-state index in [1.54, 1.807) is 11.0 Å². The van der Waals surface area contributed by atoms with Gasteiger partial charge in [0.25, 0.3) is 11.8 Å². The van der Waals surface area contributed by atoms with Gasteiger partial charge in [0.05, 0.1) is 9.90 Å². The average molecular weight is 348 g/mol. The summed E-state index contributed by atoms with van der Waals surface area (Å²) in [4.78, 5) is 37.1. The number of amides is 4. The van der Waals surface area contributed by atoms with E-state index >= 15 is 0 Å². The molecule has 2 aliphatic rings. The number of imide groups is 1. The minimum Gasteiger partial charge on any atom is -0.338 e. The van der Waals surface area contributed by atoms with Crippen molar-refractivity contribution in [2.75, 3.05) is 13.1 Å². The largest absolute Gasteiger partial charge is 0.338 e. The fourth-order valence-electron chi connectivity index (χ4n) is 2.63. The van der Waals surface area contributed by atoms with E-state index in [0.29, 0.717) is 40.2 Å². The zero-order valence-corrected chi connectivity index (χ0v) is 13.1. The summed E-state index contributed by atoms with van der Waals surface area (Å²) < 4.78 is 0.816.